The molecule has 0 bridgehead atoms. The number of nitrogens with zero attached hydrogens (tertiary/aromatic N) is 2. The van der Waals surface area contributed by atoms with E-state index in [2.05, 4.69) is 15.5 Å². The number of hydrogen-bond donors (Lipinski definition) is 1. The van der Waals surface area contributed by atoms with Crippen LogP contribution in [-0.2, 0) is 4.79 Å². The van der Waals surface area contributed by atoms with Gasteiger partial charge in [-0.05, 0) is 13.8 Å². The summed E-state index contributed by atoms with van der Waals surface area (Å²) in [6.07, 6.45) is 0. The van der Waals surface area contributed by atoms with Crippen molar-refractivity contribution >= 4 is 23.5 Å². The number of carbonyl (C=O) groups excluding carboxylic acids is 1. The van der Waals surface area contributed by atoms with Gasteiger partial charge < -0.3 is 4.42 Å². The van der Waals surface area contributed by atoms with Gasteiger partial charge in [-0.25, -0.2) is 0 Å². The van der Waals surface area contributed by atoms with Gasteiger partial charge in [0.25, 0.3) is 0 Å². The van der Waals surface area contributed by atoms with Crippen LogP contribution in [0.1, 0.15) is 19.7 Å². The first-order chi connectivity index (χ1) is 6.45. The van der Waals surface area contributed by atoms with Crippen LogP contribution in [0.15, 0.2) is 4.42 Å². The van der Waals surface area contributed by atoms with Crippen molar-refractivity contribution in [2.24, 2.45) is 5.41 Å². The molecule has 0 aliphatic rings. The van der Waals surface area contributed by atoms with Crippen molar-refractivity contribution in [3.8, 4) is 0 Å². The lowest BCUT2D eigenvalue weighted by molar-refractivity contribution is -0.123. The molecule has 1 aromatic rings. The highest BCUT2D eigenvalue weighted by Gasteiger charge is 2.27. The molecule has 1 amide bonds. The molecule has 1 rings (SSSR count). The van der Waals surface area contributed by atoms with Crippen LogP contribution in [-0.4, -0.2) is 22.0 Å². The van der Waals surface area contributed by atoms with Gasteiger partial charge in [0, 0.05) is 12.8 Å². The van der Waals surface area contributed by atoms with Crippen LogP contribution in [0, 0.1) is 12.3 Å². The highest BCUT2D eigenvalue weighted by atomic mass is 35.5. The van der Waals surface area contributed by atoms with E-state index in [0.717, 1.165) is 0 Å². The van der Waals surface area contributed by atoms with Crippen molar-refractivity contribution in [3.05, 3.63) is 5.89 Å². The average Bonchev–Trinajstić information content (AvgIpc) is 2.51. The Balaban J connectivity index is 2.66. The number of aromatic nitrogens is 2. The van der Waals surface area contributed by atoms with E-state index in [9.17, 15) is 4.79 Å². The minimum Gasteiger partial charge on any atom is -0.408 e. The summed E-state index contributed by atoms with van der Waals surface area (Å²) in [5.74, 6) is 0.395. The predicted molar refractivity (Wildman–Crippen MR) is 52.2 cm³/mol. The molecule has 0 atom stereocenters. The number of aryl methyl sites for hydroxylation is 1. The van der Waals surface area contributed by atoms with E-state index < -0.39 is 5.41 Å². The van der Waals surface area contributed by atoms with E-state index in [-0.39, 0.29) is 17.8 Å². The molecule has 1 heterocycles. The molecule has 0 fully saturated rings. The first-order valence-corrected chi connectivity index (χ1v) is 4.66. The van der Waals surface area contributed by atoms with Gasteiger partial charge in [-0.1, -0.05) is 5.10 Å². The zero-order chi connectivity index (χ0) is 10.8. The maximum atomic E-state index is 11.6. The number of carbonyl (C=O) groups is 1. The third-order valence-electron chi connectivity index (χ3n) is 1.70. The molecule has 1 aromatic heterocycles. The zero-order valence-electron chi connectivity index (χ0n) is 8.30. The van der Waals surface area contributed by atoms with Gasteiger partial charge in [-0.2, -0.15) is 0 Å². The molecule has 0 aromatic carbocycles. The molecule has 0 unspecified atom stereocenters. The van der Waals surface area contributed by atoms with Crippen LogP contribution in [0.3, 0.4) is 0 Å². The Morgan fingerprint density at radius 1 is 1.57 bits per heavy atom. The Morgan fingerprint density at radius 3 is 2.64 bits per heavy atom. The second-order valence-electron chi connectivity index (χ2n) is 3.60. The van der Waals surface area contributed by atoms with Crippen LogP contribution in [0.5, 0.6) is 0 Å². The van der Waals surface area contributed by atoms with Gasteiger partial charge in [0.1, 0.15) is 0 Å². The zero-order valence-corrected chi connectivity index (χ0v) is 9.05. The lowest BCUT2D eigenvalue weighted by atomic mass is 9.95. The summed E-state index contributed by atoms with van der Waals surface area (Å²) < 4.78 is 5.00. The Hall–Kier alpha value is -1.10. The van der Waals surface area contributed by atoms with Crippen LogP contribution in [0.2, 0.25) is 0 Å². The minimum atomic E-state index is -0.649. The standard InChI is InChI=1S/C8H12ClN3O2/c1-5-11-12-7(14-5)10-6(13)8(2,3)4-9/h4H2,1-3H3,(H,10,12,13). The Bertz CT molecular complexity index is 335. The smallest absolute Gasteiger partial charge is 0.322 e. The molecule has 78 valence electrons. The van der Waals surface area contributed by atoms with E-state index >= 15 is 0 Å². The maximum Gasteiger partial charge on any atom is 0.322 e. The van der Waals surface area contributed by atoms with E-state index in [1.807, 2.05) is 0 Å². The van der Waals surface area contributed by atoms with Gasteiger partial charge in [-0.3, -0.25) is 10.1 Å². The summed E-state index contributed by atoms with van der Waals surface area (Å²) >= 11 is 5.63. The Morgan fingerprint density at radius 2 is 2.21 bits per heavy atom. The van der Waals surface area contributed by atoms with Gasteiger partial charge in [0.05, 0.1) is 5.41 Å². The molecular weight excluding hydrogens is 206 g/mol. The molecule has 0 saturated heterocycles. The first kappa shape index (κ1) is 11.0. The SMILES string of the molecule is Cc1nnc(NC(=O)C(C)(C)CCl)o1. The maximum absolute atomic E-state index is 11.6. The number of alkyl halides is 1. The van der Waals surface area contributed by atoms with Crippen molar-refractivity contribution < 1.29 is 9.21 Å². The fourth-order valence-corrected chi connectivity index (χ4v) is 0.795. The Labute approximate surface area is 86.8 Å². The van der Waals surface area contributed by atoms with Gasteiger partial charge in [0.15, 0.2) is 0 Å². The van der Waals surface area contributed by atoms with Crippen LogP contribution < -0.4 is 5.32 Å². The van der Waals surface area contributed by atoms with E-state index in [1.54, 1.807) is 20.8 Å². The lowest BCUT2D eigenvalue weighted by Crippen LogP contribution is -2.32. The summed E-state index contributed by atoms with van der Waals surface area (Å²) in [7, 11) is 0. The van der Waals surface area contributed by atoms with Crippen molar-refractivity contribution in [2.75, 3.05) is 11.2 Å². The van der Waals surface area contributed by atoms with Gasteiger partial charge in [0.2, 0.25) is 11.8 Å². The number of amides is 1. The van der Waals surface area contributed by atoms with Crippen molar-refractivity contribution in [1.82, 2.24) is 10.2 Å². The molecule has 0 saturated carbocycles. The van der Waals surface area contributed by atoms with Crippen molar-refractivity contribution in [3.63, 3.8) is 0 Å². The molecule has 0 aliphatic carbocycles. The average molecular weight is 218 g/mol. The third-order valence-corrected chi connectivity index (χ3v) is 2.36. The van der Waals surface area contributed by atoms with Crippen LogP contribution in [0.25, 0.3) is 0 Å². The summed E-state index contributed by atoms with van der Waals surface area (Å²) in [5, 5.41) is 9.72. The minimum absolute atomic E-state index is 0.102. The third kappa shape index (κ3) is 2.45. The molecule has 0 spiro atoms. The highest BCUT2D eigenvalue weighted by Crippen LogP contribution is 2.19. The molecule has 6 heteroatoms. The lowest BCUT2D eigenvalue weighted by Gasteiger charge is -2.18. The summed E-state index contributed by atoms with van der Waals surface area (Å²) in [5.41, 5.74) is -0.649. The van der Waals surface area contributed by atoms with Gasteiger partial charge in [-0.15, -0.1) is 16.7 Å². The van der Waals surface area contributed by atoms with E-state index in [4.69, 9.17) is 16.0 Å². The predicted octanol–water partition coefficient (Wildman–Crippen LogP) is 1.58. The molecular formula is C8H12ClN3O2. The van der Waals surface area contributed by atoms with Crippen LogP contribution in [0.4, 0.5) is 6.01 Å². The number of halogens is 1. The number of nitrogens with one attached hydrogen (secondary N) is 1. The summed E-state index contributed by atoms with van der Waals surface area (Å²) in [6, 6.07) is 0.102. The molecule has 0 aliphatic heterocycles. The number of rotatable bonds is 3. The second kappa shape index (κ2) is 3.96. The topological polar surface area (TPSA) is 68.0 Å². The Kier molecular flexibility index (Phi) is 3.10. The van der Waals surface area contributed by atoms with Crippen molar-refractivity contribution in [2.45, 2.75) is 20.8 Å². The fourth-order valence-electron chi connectivity index (χ4n) is 0.674. The molecule has 14 heavy (non-hydrogen) atoms. The monoisotopic (exact) mass is 217 g/mol. The summed E-state index contributed by atoms with van der Waals surface area (Å²) in [6.45, 7) is 5.12. The van der Waals surface area contributed by atoms with E-state index in [0.29, 0.717) is 5.89 Å². The molecule has 1 N–H and O–H groups in total. The van der Waals surface area contributed by atoms with E-state index in [1.165, 1.54) is 0 Å². The number of hydrogen-bond acceptors (Lipinski definition) is 4. The summed E-state index contributed by atoms with van der Waals surface area (Å²) in [4.78, 5) is 11.6. The van der Waals surface area contributed by atoms with Gasteiger partial charge >= 0.3 is 6.01 Å². The fraction of sp³-hybridized carbons (Fsp3) is 0.625. The second-order valence-corrected chi connectivity index (χ2v) is 3.87. The molecule has 5 nitrogen and oxygen atoms in total. The normalized spacial score (nSPS) is 11.4. The first-order valence-electron chi connectivity index (χ1n) is 4.13. The largest absolute Gasteiger partial charge is 0.408 e. The molecule has 0 radical (unpaired) electrons. The van der Waals surface area contributed by atoms with Crippen LogP contribution >= 0.6 is 11.6 Å². The quantitative estimate of drug-likeness (QED) is 0.781. The highest BCUT2D eigenvalue weighted by molar-refractivity contribution is 6.20. The van der Waals surface area contributed by atoms with Crippen molar-refractivity contribution in [1.29, 1.82) is 0 Å². The number of anilines is 1.